The van der Waals surface area contributed by atoms with E-state index in [-0.39, 0.29) is 5.91 Å². The van der Waals surface area contributed by atoms with Gasteiger partial charge in [0.1, 0.15) is 0 Å². The van der Waals surface area contributed by atoms with Crippen LogP contribution in [0, 0.1) is 12.3 Å². The van der Waals surface area contributed by atoms with Crippen LogP contribution in [0.2, 0.25) is 0 Å². The van der Waals surface area contributed by atoms with E-state index in [0.29, 0.717) is 5.41 Å². The van der Waals surface area contributed by atoms with E-state index < -0.39 is 0 Å². The Morgan fingerprint density at radius 3 is 2.76 bits per heavy atom. The first-order valence-corrected chi connectivity index (χ1v) is 8.05. The van der Waals surface area contributed by atoms with Gasteiger partial charge in [-0.15, -0.1) is 11.3 Å². The number of hydrogen-bond acceptors (Lipinski definition) is 2. The van der Waals surface area contributed by atoms with Gasteiger partial charge >= 0.3 is 0 Å². The normalized spacial score (nSPS) is 18.2. The smallest absolute Gasteiger partial charge is 0.261 e. The van der Waals surface area contributed by atoms with Crippen LogP contribution in [0.5, 0.6) is 0 Å². The Kier molecular flexibility index (Phi) is 4.26. The zero-order valence-electron chi connectivity index (χ0n) is 10.1. The highest BCUT2D eigenvalue weighted by molar-refractivity contribution is 9.09. The number of nitrogens with one attached hydrogen (secondary N) is 1. The van der Waals surface area contributed by atoms with E-state index in [4.69, 9.17) is 0 Å². The number of carbonyl (C=O) groups is 1. The van der Waals surface area contributed by atoms with Crippen LogP contribution >= 0.6 is 27.3 Å². The second kappa shape index (κ2) is 5.53. The van der Waals surface area contributed by atoms with Gasteiger partial charge in [0.15, 0.2) is 0 Å². The summed E-state index contributed by atoms with van der Waals surface area (Å²) in [5.41, 5.74) is 1.37. The fourth-order valence-electron chi connectivity index (χ4n) is 2.44. The maximum atomic E-state index is 12.0. The molecule has 0 radical (unpaired) electrons. The zero-order valence-corrected chi connectivity index (χ0v) is 12.5. The maximum Gasteiger partial charge on any atom is 0.261 e. The molecule has 0 aliphatic heterocycles. The van der Waals surface area contributed by atoms with Crippen molar-refractivity contribution in [1.82, 2.24) is 5.32 Å². The molecule has 0 unspecified atom stereocenters. The predicted molar refractivity (Wildman–Crippen MR) is 76.1 cm³/mol. The summed E-state index contributed by atoms with van der Waals surface area (Å²) in [5.74, 6) is 0.0877. The molecule has 0 bridgehead atoms. The fourth-order valence-corrected chi connectivity index (χ4v) is 4.04. The molecule has 0 atom stereocenters. The van der Waals surface area contributed by atoms with Crippen LogP contribution in [0.1, 0.15) is 40.9 Å². The molecule has 0 aromatic carbocycles. The molecule has 2 nitrogen and oxygen atoms in total. The molecule has 4 heteroatoms. The Bertz CT molecular complexity index is 396. The van der Waals surface area contributed by atoms with E-state index in [9.17, 15) is 4.79 Å². The highest BCUT2D eigenvalue weighted by Gasteiger charge is 2.33. The standard InChI is InChI=1S/C13H18BrNOS/c1-10-4-7-17-11(10)12(16)15-9-13(8-14)5-2-3-6-13/h4,7H,2-3,5-6,8-9H2,1H3,(H,15,16). The minimum atomic E-state index is 0.0877. The summed E-state index contributed by atoms with van der Waals surface area (Å²) in [7, 11) is 0. The van der Waals surface area contributed by atoms with E-state index in [2.05, 4.69) is 21.2 Å². The van der Waals surface area contributed by atoms with Gasteiger partial charge in [-0.05, 0) is 42.2 Å². The topological polar surface area (TPSA) is 29.1 Å². The van der Waals surface area contributed by atoms with Gasteiger partial charge in [0.2, 0.25) is 0 Å². The molecule has 1 N–H and O–H groups in total. The molecule has 0 spiro atoms. The SMILES string of the molecule is Cc1ccsc1C(=O)NCC1(CBr)CCCC1. The number of aryl methyl sites for hydroxylation is 1. The molecule has 1 aromatic rings. The van der Waals surface area contributed by atoms with Crippen LogP contribution in [-0.4, -0.2) is 17.8 Å². The second-order valence-electron chi connectivity index (χ2n) is 4.96. The summed E-state index contributed by atoms with van der Waals surface area (Å²) in [6.07, 6.45) is 5.03. The average molecular weight is 316 g/mol. The van der Waals surface area contributed by atoms with E-state index in [0.717, 1.165) is 22.3 Å². The lowest BCUT2D eigenvalue weighted by atomic mass is 9.89. The van der Waals surface area contributed by atoms with Crippen molar-refractivity contribution in [3.63, 3.8) is 0 Å². The van der Waals surface area contributed by atoms with Crippen LogP contribution in [0.15, 0.2) is 11.4 Å². The van der Waals surface area contributed by atoms with Gasteiger partial charge < -0.3 is 5.32 Å². The Labute approximate surface area is 115 Å². The van der Waals surface area contributed by atoms with Crippen molar-refractivity contribution in [2.24, 2.45) is 5.41 Å². The van der Waals surface area contributed by atoms with Gasteiger partial charge in [0, 0.05) is 11.9 Å². The largest absolute Gasteiger partial charge is 0.351 e. The summed E-state index contributed by atoms with van der Waals surface area (Å²) < 4.78 is 0. The highest BCUT2D eigenvalue weighted by atomic mass is 79.9. The lowest BCUT2D eigenvalue weighted by Crippen LogP contribution is -2.36. The van der Waals surface area contributed by atoms with Gasteiger partial charge in [-0.1, -0.05) is 28.8 Å². The molecule has 1 aliphatic carbocycles. The highest BCUT2D eigenvalue weighted by Crippen LogP contribution is 2.39. The fraction of sp³-hybridized carbons (Fsp3) is 0.615. The predicted octanol–water partition coefficient (Wildman–Crippen LogP) is 3.74. The van der Waals surface area contributed by atoms with Crippen LogP contribution in [0.4, 0.5) is 0 Å². The van der Waals surface area contributed by atoms with Crippen molar-refractivity contribution in [1.29, 1.82) is 0 Å². The first kappa shape index (κ1) is 13.1. The summed E-state index contributed by atoms with van der Waals surface area (Å²) in [6.45, 7) is 2.79. The molecular weight excluding hydrogens is 298 g/mol. The summed E-state index contributed by atoms with van der Waals surface area (Å²) in [6, 6.07) is 2.00. The molecule has 1 aromatic heterocycles. The third kappa shape index (κ3) is 2.91. The molecule has 17 heavy (non-hydrogen) atoms. The Hall–Kier alpha value is -0.350. The Balaban J connectivity index is 1.94. The molecule has 1 amide bonds. The van der Waals surface area contributed by atoms with E-state index >= 15 is 0 Å². The average Bonchev–Trinajstić information content (AvgIpc) is 2.95. The second-order valence-corrected chi connectivity index (χ2v) is 6.43. The van der Waals surface area contributed by atoms with Crippen molar-refractivity contribution < 1.29 is 4.79 Å². The van der Waals surface area contributed by atoms with Gasteiger partial charge in [-0.25, -0.2) is 0 Å². The van der Waals surface area contributed by atoms with Crippen molar-refractivity contribution in [2.45, 2.75) is 32.6 Å². The van der Waals surface area contributed by atoms with Crippen molar-refractivity contribution >= 4 is 33.2 Å². The molecular formula is C13H18BrNOS. The zero-order chi connectivity index (χ0) is 12.3. The van der Waals surface area contributed by atoms with E-state index in [1.54, 1.807) is 0 Å². The van der Waals surface area contributed by atoms with Crippen molar-refractivity contribution in [2.75, 3.05) is 11.9 Å². The minimum absolute atomic E-state index is 0.0877. The molecule has 1 heterocycles. The lowest BCUT2D eigenvalue weighted by Gasteiger charge is -2.26. The van der Waals surface area contributed by atoms with Gasteiger partial charge in [-0.2, -0.15) is 0 Å². The maximum absolute atomic E-state index is 12.0. The number of amides is 1. The number of rotatable bonds is 4. The molecule has 2 rings (SSSR count). The third-order valence-electron chi connectivity index (χ3n) is 3.64. The number of thiophene rings is 1. The quantitative estimate of drug-likeness (QED) is 0.842. The summed E-state index contributed by atoms with van der Waals surface area (Å²) in [5, 5.41) is 6.06. The molecule has 0 saturated heterocycles. The Morgan fingerprint density at radius 2 is 2.24 bits per heavy atom. The molecule has 1 fully saturated rings. The molecule has 1 aliphatic rings. The van der Waals surface area contributed by atoms with Crippen molar-refractivity contribution in [3.8, 4) is 0 Å². The number of hydrogen-bond donors (Lipinski definition) is 1. The van der Waals surface area contributed by atoms with Crippen LogP contribution in [0.25, 0.3) is 0 Å². The Morgan fingerprint density at radius 1 is 1.53 bits per heavy atom. The van der Waals surface area contributed by atoms with Crippen LogP contribution in [-0.2, 0) is 0 Å². The monoisotopic (exact) mass is 315 g/mol. The van der Waals surface area contributed by atoms with Gasteiger partial charge in [-0.3, -0.25) is 4.79 Å². The molecule has 94 valence electrons. The molecule has 1 saturated carbocycles. The van der Waals surface area contributed by atoms with Crippen LogP contribution in [0.3, 0.4) is 0 Å². The van der Waals surface area contributed by atoms with Gasteiger partial charge in [0.05, 0.1) is 4.88 Å². The van der Waals surface area contributed by atoms with Crippen LogP contribution < -0.4 is 5.32 Å². The number of carbonyl (C=O) groups excluding carboxylic acids is 1. The number of halogens is 1. The lowest BCUT2D eigenvalue weighted by molar-refractivity contribution is 0.0939. The first-order valence-electron chi connectivity index (χ1n) is 6.05. The van der Waals surface area contributed by atoms with Crippen molar-refractivity contribution in [3.05, 3.63) is 21.9 Å². The minimum Gasteiger partial charge on any atom is -0.351 e. The first-order chi connectivity index (χ1) is 8.17. The van der Waals surface area contributed by atoms with E-state index in [1.807, 2.05) is 18.4 Å². The summed E-state index contributed by atoms with van der Waals surface area (Å²) >= 11 is 5.12. The number of alkyl halides is 1. The van der Waals surface area contributed by atoms with E-state index in [1.165, 1.54) is 37.0 Å². The third-order valence-corrected chi connectivity index (χ3v) is 5.84. The summed E-state index contributed by atoms with van der Waals surface area (Å²) in [4.78, 5) is 12.9. The van der Waals surface area contributed by atoms with Gasteiger partial charge in [0.25, 0.3) is 5.91 Å².